The Hall–Kier alpha value is -3.72. The highest BCUT2D eigenvalue weighted by Gasteiger charge is 2.22. The van der Waals surface area contributed by atoms with Crippen molar-refractivity contribution in [1.29, 1.82) is 0 Å². The van der Waals surface area contributed by atoms with Gasteiger partial charge in [0.1, 0.15) is 5.75 Å². The van der Waals surface area contributed by atoms with Crippen LogP contribution >= 0.6 is 0 Å². The van der Waals surface area contributed by atoms with Gasteiger partial charge in [-0.1, -0.05) is 24.3 Å². The van der Waals surface area contributed by atoms with E-state index in [0.29, 0.717) is 35.0 Å². The number of ether oxygens (including phenoxy) is 3. The fourth-order valence-electron chi connectivity index (χ4n) is 3.58. The lowest BCUT2D eigenvalue weighted by atomic mass is 10.1. The Morgan fingerprint density at radius 2 is 1.43 bits per heavy atom. The number of hydrogen-bond donors (Lipinski definition) is 1. The van der Waals surface area contributed by atoms with E-state index in [2.05, 4.69) is 5.32 Å². The van der Waals surface area contributed by atoms with E-state index in [-0.39, 0.29) is 12.5 Å². The summed E-state index contributed by atoms with van der Waals surface area (Å²) in [6, 6.07) is 17.7. The van der Waals surface area contributed by atoms with Crippen LogP contribution < -0.4 is 23.8 Å². The summed E-state index contributed by atoms with van der Waals surface area (Å²) in [7, 11) is 1.04. The van der Waals surface area contributed by atoms with Gasteiger partial charge in [0, 0.05) is 12.1 Å². The van der Waals surface area contributed by atoms with Crippen LogP contribution in [0.5, 0.6) is 17.2 Å². The molecule has 0 spiro atoms. The van der Waals surface area contributed by atoms with E-state index in [0.717, 1.165) is 22.9 Å². The van der Waals surface area contributed by atoms with Gasteiger partial charge in [-0.2, -0.15) is 0 Å². The number of carbonyl (C=O) groups excluding carboxylic acids is 1. The summed E-state index contributed by atoms with van der Waals surface area (Å²) in [5, 5.41) is 2.88. The summed E-state index contributed by atoms with van der Waals surface area (Å²) in [5.74, 6) is 1.42. The van der Waals surface area contributed by atoms with E-state index in [1.54, 1.807) is 56.7 Å². The van der Waals surface area contributed by atoms with E-state index in [1.165, 1.54) is 11.4 Å². The Morgan fingerprint density at radius 1 is 0.829 bits per heavy atom. The highest BCUT2D eigenvalue weighted by atomic mass is 32.2. The third kappa shape index (κ3) is 6.45. The summed E-state index contributed by atoms with van der Waals surface area (Å²) in [6.45, 7) is 2.31. The maximum atomic E-state index is 12.6. The van der Waals surface area contributed by atoms with Gasteiger partial charge < -0.3 is 19.5 Å². The Morgan fingerprint density at radius 3 is 2.03 bits per heavy atom. The number of methoxy groups -OCH3 is 3. The maximum Gasteiger partial charge on any atom is 0.251 e. The average molecular weight is 499 g/mol. The van der Waals surface area contributed by atoms with Crippen molar-refractivity contribution < 1.29 is 27.4 Å². The Kier molecular flexibility index (Phi) is 8.24. The molecule has 0 saturated carbocycles. The van der Waals surface area contributed by atoms with Crippen LogP contribution in [0.15, 0.2) is 60.7 Å². The topological polar surface area (TPSA) is 94.2 Å². The molecule has 3 aromatic rings. The first-order valence-corrected chi connectivity index (χ1v) is 12.7. The van der Waals surface area contributed by atoms with Crippen LogP contribution in [0.25, 0.3) is 0 Å². The molecule has 0 heterocycles. The highest BCUT2D eigenvalue weighted by Crippen LogP contribution is 2.32. The lowest BCUT2D eigenvalue weighted by molar-refractivity contribution is 0.0951. The van der Waals surface area contributed by atoms with Gasteiger partial charge in [0.25, 0.3) is 5.91 Å². The number of aryl methyl sites for hydroxylation is 1. The minimum absolute atomic E-state index is 0.103. The van der Waals surface area contributed by atoms with Crippen molar-refractivity contribution >= 4 is 21.6 Å². The van der Waals surface area contributed by atoms with Crippen LogP contribution in [-0.4, -0.2) is 41.9 Å². The Balaban J connectivity index is 1.73. The van der Waals surface area contributed by atoms with E-state index in [4.69, 9.17) is 14.2 Å². The number of hydrogen-bond acceptors (Lipinski definition) is 6. The molecule has 1 N–H and O–H groups in total. The molecular formula is C26H30N2O6S. The predicted molar refractivity (Wildman–Crippen MR) is 136 cm³/mol. The average Bonchev–Trinajstić information content (AvgIpc) is 2.85. The van der Waals surface area contributed by atoms with Crippen LogP contribution in [0.3, 0.4) is 0 Å². The van der Waals surface area contributed by atoms with Gasteiger partial charge in [0.15, 0.2) is 11.5 Å². The molecule has 0 aliphatic rings. The number of nitrogens with one attached hydrogen (secondary N) is 1. The summed E-state index contributed by atoms with van der Waals surface area (Å²) in [6.07, 6.45) is 1.16. The zero-order chi connectivity index (χ0) is 25.6. The molecule has 0 saturated heterocycles. The molecule has 0 unspecified atom stereocenters. The van der Waals surface area contributed by atoms with Crippen molar-refractivity contribution in [2.24, 2.45) is 0 Å². The third-order valence-electron chi connectivity index (χ3n) is 5.45. The van der Waals surface area contributed by atoms with Crippen molar-refractivity contribution in [3.8, 4) is 17.2 Å². The van der Waals surface area contributed by atoms with Gasteiger partial charge in [-0.15, -0.1) is 0 Å². The standard InChI is InChI=1S/C26H30N2O6S/c1-18-6-12-23(32-2)22(14-18)28(35(5,30)31)17-19-7-10-21(11-8-19)26(29)27-16-20-9-13-24(33-3)25(15-20)34-4/h6-15H,16-17H2,1-5H3,(H,27,29). The Bertz CT molecular complexity index is 1290. The maximum absolute atomic E-state index is 12.6. The number of anilines is 1. The molecule has 35 heavy (non-hydrogen) atoms. The first-order valence-electron chi connectivity index (χ1n) is 10.9. The van der Waals surface area contributed by atoms with E-state index in [1.807, 2.05) is 25.1 Å². The van der Waals surface area contributed by atoms with Crippen molar-refractivity contribution in [3.05, 3.63) is 82.9 Å². The minimum atomic E-state index is -3.59. The molecule has 3 rings (SSSR count). The fraction of sp³-hybridized carbons (Fsp3) is 0.269. The molecule has 0 aliphatic heterocycles. The number of amides is 1. The number of rotatable bonds is 10. The third-order valence-corrected chi connectivity index (χ3v) is 6.57. The SMILES string of the molecule is COc1ccc(CNC(=O)c2ccc(CN(c3cc(C)ccc3OC)S(C)(=O)=O)cc2)cc1OC. The normalized spacial score (nSPS) is 11.0. The van der Waals surface area contributed by atoms with Gasteiger partial charge in [0.2, 0.25) is 10.0 Å². The molecule has 0 fully saturated rings. The number of benzene rings is 3. The predicted octanol–water partition coefficient (Wildman–Crippen LogP) is 3.92. The first-order chi connectivity index (χ1) is 16.7. The molecule has 1 amide bonds. The second kappa shape index (κ2) is 11.1. The zero-order valence-corrected chi connectivity index (χ0v) is 21.3. The van der Waals surface area contributed by atoms with Crippen LogP contribution in [0, 0.1) is 6.92 Å². The molecule has 0 aromatic heterocycles. The van der Waals surface area contributed by atoms with Crippen molar-refractivity contribution in [3.63, 3.8) is 0 Å². The van der Waals surface area contributed by atoms with Crippen LogP contribution in [-0.2, 0) is 23.1 Å². The van der Waals surface area contributed by atoms with Crippen molar-refractivity contribution in [2.45, 2.75) is 20.0 Å². The van der Waals surface area contributed by atoms with E-state index in [9.17, 15) is 13.2 Å². The smallest absolute Gasteiger partial charge is 0.251 e. The first kappa shape index (κ1) is 25.9. The van der Waals surface area contributed by atoms with Crippen molar-refractivity contribution in [2.75, 3.05) is 31.9 Å². The summed E-state index contributed by atoms with van der Waals surface area (Å²) < 4.78 is 42.4. The number of nitrogens with zero attached hydrogens (tertiary/aromatic N) is 1. The highest BCUT2D eigenvalue weighted by molar-refractivity contribution is 7.92. The second-order valence-electron chi connectivity index (χ2n) is 8.01. The van der Waals surface area contributed by atoms with Gasteiger partial charge >= 0.3 is 0 Å². The van der Waals surface area contributed by atoms with Gasteiger partial charge in [-0.05, 0) is 60.0 Å². The largest absolute Gasteiger partial charge is 0.495 e. The molecule has 0 aliphatic carbocycles. The number of carbonyl (C=O) groups is 1. The molecule has 0 atom stereocenters. The molecule has 0 bridgehead atoms. The molecule has 0 radical (unpaired) electrons. The summed E-state index contributed by atoms with van der Waals surface area (Å²) >= 11 is 0. The molecular weight excluding hydrogens is 468 g/mol. The Labute approximate surface area is 206 Å². The summed E-state index contributed by atoms with van der Waals surface area (Å²) in [4.78, 5) is 12.6. The van der Waals surface area contributed by atoms with Gasteiger partial charge in [-0.25, -0.2) is 8.42 Å². The molecule has 8 nitrogen and oxygen atoms in total. The second-order valence-corrected chi connectivity index (χ2v) is 9.92. The van der Waals surface area contributed by atoms with Crippen LogP contribution in [0.2, 0.25) is 0 Å². The van der Waals surface area contributed by atoms with Crippen molar-refractivity contribution in [1.82, 2.24) is 5.32 Å². The van der Waals surface area contributed by atoms with Crippen LogP contribution in [0.1, 0.15) is 27.0 Å². The van der Waals surface area contributed by atoms with E-state index < -0.39 is 10.0 Å². The summed E-state index contributed by atoms with van der Waals surface area (Å²) in [5.41, 5.74) is 3.44. The lowest BCUT2D eigenvalue weighted by Gasteiger charge is -2.25. The fourth-order valence-corrected chi connectivity index (χ4v) is 4.46. The molecule has 3 aromatic carbocycles. The van der Waals surface area contributed by atoms with Crippen LogP contribution in [0.4, 0.5) is 5.69 Å². The zero-order valence-electron chi connectivity index (χ0n) is 20.5. The molecule has 9 heteroatoms. The quantitative estimate of drug-likeness (QED) is 0.455. The lowest BCUT2D eigenvalue weighted by Crippen LogP contribution is -2.30. The minimum Gasteiger partial charge on any atom is -0.495 e. The van der Waals surface area contributed by atoms with Gasteiger partial charge in [0.05, 0.1) is 39.8 Å². The monoisotopic (exact) mass is 498 g/mol. The van der Waals surface area contributed by atoms with E-state index >= 15 is 0 Å². The van der Waals surface area contributed by atoms with Gasteiger partial charge in [-0.3, -0.25) is 9.10 Å². The molecule has 186 valence electrons. The number of sulfonamides is 1.